The van der Waals surface area contributed by atoms with E-state index in [0.717, 1.165) is 42.7 Å². The molecule has 1 aliphatic heterocycles. The Bertz CT molecular complexity index is 540. The summed E-state index contributed by atoms with van der Waals surface area (Å²) in [6.07, 6.45) is 3.87. The lowest BCUT2D eigenvalue weighted by Crippen LogP contribution is -2.54. The zero-order valence-corrected chi connectivity index (χ0v) is 13.3. The van der Waals surface area contributed by atoms with Gasteiger partial charge in [-0.2, -0.15) is 0 Å². The third-order valence-corrected chi connectivity index (χ3v) is 5.06. The van der Waals surface area contributed by atoms with E-state index in [9.17, 15) is 4.79 Å². The maximum Gasteiger partial charge on any atom is 0.179 e. The maximum atomic E-state index is 12.9. The van der Waals surface area contributed by atoms with Crippen LogP contribution in [0.15, 0.2) is 18.2 Å². The molecule has 1 aromatic rings. The summed E-state index contributed by atoms with van der Waals surface area (Å²) in [7, 11) is 0. The number of morpholine rings is 1. The highest BCUT2D eigenvalue weighted by Crippen LogP contribution is 2.31. The molecule has 2 fully saturated rings. The van der Waals surface area contributed by atoms with Crippen molar-refractivity contribution in [2.24, 2.45) is 0 Å². The zero-order chi connectivity index (χ0) is 15.0. The molecule has 0 spiro atoms. The van der Waals surface area contributed by atoms with Gasteiger partial charge in [-0.15, -0.1) is 0 Å². The molecule has 3 heteroatoms. The summed E-state index contributed by atoms with van der Waals surface area (Å²) in [5.41, 5.74) is 3.11. The van der Waals surface area contributed by atoms with Gasteiger partial charge in [0, 0.05) is 18.2 Å². The van der Waals surface area contributed by atoms with E-state index >= 15 is 0 Å². The SMILES string of the molecule is Cc1ccc(C)c(C(=O)C(C)N2CCOC3CCCC32)c1. The lowest BCUT2D eigenvalue weighted by molar-refractivity contribution is -0.0643. The van der Waals surface area contributed by atoms with Crippen LogP contribution in [-0.2, 0) is 4.74 Å². The number of rotatable bonds is 3. The third-order valence-electron chi connectivity index (χ3n) is 5.06. The van der Waals surface area contributed by atoms with Crippen molar-refractivity contribution in [2.75, 3.05) is 13.2 Å². The molecule has 1 saturated heterocycles. The van der Waals surface area contributed by atoms with E-state index in [1.807, 2.05) is 26.0 Å². The van der Waals surface area contributed by atoms with Crippen LogP contribution in [0.3, 0.4) is 0 Å². The maximum absolute atomic E-state index is 12.9. The predicted octanol–water partition coefficient (Wildman–Crippen LogP) is 3.13. The zero-order valence-electron chi connectivity index (χ0n) is 13.3. The van der Waals surface area contributed by atoms with Crippen LogP contribution in [0.1, 0.15) is 47.7 Å². The number of hydrogen-bond donors (Lipinski definition) is 0. The van der Waals surface area contributed by atoms with E-state index in [2.05, 4.69) is 17.9 Å². The number of carbonyl (C=O) groups is 1. The average molecular weight is 287 g/mol. The number of benzene rings is 1. The molecule has 1 aromatic carbocycles. The molecular formula is C18H25NO2. The Morgan fingerprint density at radius 1 is 1.33 bits per heavy atom. The van der Waals surface area contributed by atoms with E-state index < -0.39 is 0 Å². The van der Waals surface area contributed by atoms with Crippen LogP contribution in [0.25, 0.3) is 0 Å². The van der Waals surface area contributed by atoms with E-state index in [0.29, 0.717) is 12.1 Å². The molecule has 0 amide bonds. The van der Waals surface area contributed by atoms with Gasteiger partial charge in [0.15, 0.2) is 5.78 Å². The molecule has 0 bridgehead atoms. The summed E-state index contributed by atoms with van der Waals surface area (Å²) in [4.78, 5) is 15.3. The first-order valence-corrected chi connectivity index (χ1v) is 8.07. The molecule has 3 rings (SSSR count). The fraction of sp³-hybridized carbons (Fsp3) is 0.611. The summed E-state index contributed by atoms with van der Waals surface area (Å²) < 4.78 is 5.86. The monoisotopic (exact) mass is 287 g/mol. The number of fused-ring (bicyclic) bond motifs is 1. The highest BCUT2D eigenvalue weighted by molar-refractivity contribution is 6.01. The molecule has 1 saturated carbocycles. The summed E-state index contributed by atoms with van der Waals surface area (Å²) >= 11 is 0. The van der Waals surface area contributed by atoms with Gasteiger partial charge >= 0.3 is 0 Å². The number of nitrogens with zero attached hydrogens (tertiary/aromatic N) is 1. The highest BCUT2D eigenvalue weighted by Gasteiger charge is 2.39. The number of hydrogen-bond acceptors (Lipinski definition) is 3. The fourth-order valence-corrected chi connectivity index (χ4v) is 3.81. The first kappa shape index (κ1) is 14.7. The number of Topliss-reactive ketones (excluding diaryl/α,β-unsaturated/α-hetero) is 1. The smallest absolute Gasteiger partial charge is 0.179 e. The summed E-state index contributed by atoms with van der Waals surface area (Å²) in [5, 5.41) is 0. The minimum atomic E-state index is -0.0556. The van der Waals surface area contributed by atoms with Gasteiger partial charge in [0.1, 0.15) is 0 Å². The molecule has 3 nitrogen and oxygen atoms in total. The van der Waals surface area contributed by atoms with Crippen LogP contribution in [0.2, 0.25) is 0 Å². The Labute approximate surface area is 127 Å². The number of carbonyl (C=O) groups excluding carboxylic acids is 1. The first-order chi connectivity index (χ1) is 10.1. The second-order valence-electron chi connectivity index (χ2n) is 6.50. The minimum Gasteiger partial charge on any atom is -0.375 e. The Kier molecular flexibility index (Phi) is 4.14. The number of ketones is 1. The van der Waals surface area contributed by atoms with Crippen LogP contribution in [0, 0.1) is 13.8 Å². The molecule has 0 radical (unpaired) electrons. The standard InChI is InChI=1S/C18H25NO2/c1-12-7-8-13(2)15(11-12)18(20)14(3)19-9-10-21-17-6-4-5-16(17)19/h7-8,11,14,16-17H,4-6,9-10H2,1-3H3. The second-order valence-corrected chi connectivity index (χ2v) is 6.50. The van der Waals surface area contributed by atoms with Crippen LogP contribution >= 0.6 is 0 Å². The summed E-state index contributed by atoms with van der Waals surface area (Å²) in [5.74, 6) is 0.253. The van der Waals surface area contributed by atoms with Gasteiger partial charge < -0.3 is 4.74 Å². The van der Waals surface area contributed by atoms with Crippen molar-refractivity contribution in [1.82, 2.24) is 4.90 Å². The van der Waals surface area contributed by atoms with E-state index in [4.69, 9.17) is 4.74 Å². The molecule has 0 N–H and O–H groups in total. The van der Waals surface area contributed by atoms with Crippen molar-refractivity contribution in [3.63, 3.8) is 0 Å². The first-order valence-electron chi connectivity index (χ1n) is 8.07. The van der Waals surface area contributed by atoms with Crippen LogP contribution in [-0.4, -0.2) is 42.0 Å². The molecule has 114 valence electrons. The predicted molar refractivity (Wildman–Crippen MR) is 83.8 cm³/mol. The van der Waals surface area contributed by atoms with Crippen molar-refractivity contribution in [3.8, 4) is 0 Å². The fourth-order valence-electron chi connectivity index (χ4n) is 3.81. The van der Waals surface area contributed by atoms with Gasteiger partial charge in [0.25, 0.3) is 0 Å². The van der Waals surface area contributed by atoms with Gasteiger partial charge in [-0.05, 0) is 51.7 Å². The van der Waals surface area contributed by atoms with Crippen molar-refractivity contribution >= 4 is 5.78 Å². The van der Waals surface area contributed by atoms with Crippen LogP contribution in [0.5, 0.6) is 0 Å². The molecular weight excluding hydrogens is 262 g/mol. The van der Waals surface area contributed by atoms with Crippen molar-refractivity contribution in [2.45, 2.75) is 58.2 Å². The lowest BCUT2D eigenvalue weighted by atomic mass is 9.96. The Hall–Kier alpha value is -1.19. The van der Waals surface area contributed by atoms with Gasteiger partial charge in [-0.3, -0.25) is 9.69 Å². The normalized spacial score (nSPS) is 27.4. The molecule has 0 aromatic heterocycles. The summed E-state index contributed by atoms with van der Waals surface area (Å²) in [6.45, 7) is 7.76. The molecule has 1 aliphatic carbocycles. The highest BCUT2D eigenvalue weighted by atomic mass is 16.5. The summed E-state index contributed by atoms with van der Waals surface area (Å²) in [6, 6.07) is 6.52. The van der Waals surface area contributed by atoms with Crippen molar-refractivity contribution in [3.05, 3.63) is 34.9 Å². The number of aryl methyl sites for hydroxylation is 2. The quantitative estimate of drug-likeness (QED) is 0.800. The Morgan fingerprint density at radius 3 is 2.95 bits per heavy atom. The van der Waals surface area contributed by atoms with Crippen LogP contribution < -0.4 is 0 Å². The van der Waals surface area contributed by atoms with Crippen molar-refractivity contribution < 1.29 is 9.53 Å². The van der Waals surface area contributed by atoms with Gasteiger partial charge in [-0.25, -0.2) is 0 Å². The van der Waals surface area contributed by atoms with E-state index in [1.165, 1.54) is 6.42 Å². The lowest BCUT2D eigenvalue weighted by Gasteiger charge is -2.40. The molecule has 3 atom stereocenters. The Morgan fingerprint density at radius 2 is 2.14 bits per heavy atom. The van der Waals surface area contributed by atoms with Crippen LogP contribution in [0.4, 0.5) is 0 Å². The molecule has 21 heavy (non-hydrogen) atoms. The van der Waals surface area contributed by atoms with Gasteiger partial charge in [0.2, 0.25) is 0 Å². The Balaban J connectivity index is 1.82. The second kappa shape index (κ2) is 5.90. The largest absolute Gasteiger partial charge is 0.375 e. The van der Waals surface area contributed by atoms with Gasteiger partial charge in [0.05, 0.1) is 18.8 Å². The molecule has 3 unspecified atom stereocenters. The average Bonchev–Trinajstić information content (AvgIpc) is 2.96. The molecule has 2 aliphatic rings. The molecule has 1 heterocycles. The topological polar surface area (TPSA) is 29.5 Å². The van der Waals surface area contributed by atoms with Gasteiger partial charge in [-0.1, -0.05) is 17.7 Å². The third kappa shape index (κ3) is 2.77. The minimum absolute atomic E-state index is 0.0556. The van der Waals surface area contributed by atoms with Crippen molar-refractivity contribution in [1.29, 1.82) is 0 Å². The van der Waals surface area contributed by atoms with E-state index in [1.54, 1.807) is 0 Å². The number of ether oxygens (including phenoxy) is 1. The van der Waals surface area contributed by atoms with E-state index in [-0.39, 0.29) is 11.8 Å².